The largest absolute Gasteiger partial charge is 0.484 e. The molecule has 0 spiro atoms. The molecule has 2 rings (SSSR count). The predicted molar refractivity (Wildman–Crippen MR) is 86.3 cm³/mol. The van der Waals surface area contributed by atoms with Gasteiger partial charge in [0.2, 0.25) is 0 Å². The highest BCUT2D eigenvalue weighted by molar-refractivity contribution is 5.89. The van der Waals surface area contributed by atoms with Gasteiger partial charge in [-0.2, -0.15) is 0 Å². The van der Waals surface area contributed by atoms with Crippen molar-refractivity contribution in [1.29, 1.82) is 0 Å². The third kappa shape index (κ3) is 4.81. The number of aryl methyl sites for hydroxylation is 1. The Morgan fingerprint density at radius 2 is 1.83 bits per heavy atom. The van der Waals surface area contributed by atoms with Crippen molar-refractivity contribution < 1.29 is 23.5 Å². The Hall–Kier alpha value is -2.89. The minimum absolute atomic E-state index is 0.175. The van der Waals surface area contributed by atoms with Crippen LogP contribution in [0, 0.1) is 12.7 Å². The summed E-state index contributed by atoms with van der Waals surface area (Å²) in [5.41, 5.74) is 1.63. The number of rotatable bonds is 6. The summed E-state index contributed by atoms with van der Waals surface area (Å²) in [5, 5.41) is 2.65. The van der Waals surface area contributed by atoms with Gasteiger partial charge in [0.1, 0.15) is 11.6 Å². The summed E-state index contributed by atoms with van der Waals surface area (Å²) < 4.78 is 23.3. The molecule has 2 aromatic carbocycles. The minimum atomic E-state index is -0.440. The maximum absolute atomic E-state index is 13.4. The molecule has 5 nitrogen and oxygen atoms in total. The molecule has 0 unspecified atom stereocenters. The van der Waals surface area contributed by atoms with Gasteiger partial charge in [0.15, 0.2) is 6.61 Å². The van der Waals surface area contributed by atoms with Crippen molar-refractivity contribution in [3.8, 4) is 5.75 Å². The predicted octanol–water partition coefficient (Wildman–Crippen LogP) is 2.62. The van der Waals surface area contributed by atoms with E-state index in [1.807, 2.05) is 0 Å². The fourth-order valence-electron chi connectivity index (χ4n) is 1.95. The Bertz CT molecular complexity index is 728. The Morgan fingerprint density at radius 1 is 1.12 bits per heavy atom. The second-order valence-electron chi connectivity index (χ2n) is 5.16. The van der Waals surface area contributed by atoms with Gasteiger partial charge in [0.25, 0.3) is 5.91 Å². The van der Waals surface area contributed by atoms with Crippen molar-refractivity contribution in [2.45, 2.75) is 13.5 Å². The van der Waals surface area contributed by atoms with Crippen LogP contribution in [0.3, 0.4) is 0 Å². The molecule has 0 fully saturated rings. The van der Waals surface area contributed by atoms with Crippen LogP contribution in [0.25, 0.3) is 0 Å². The number of nitrogens with one attached hydrogen (secondary N) is 1. The molecule has 24 heavy (non-hydrogen) atoms. The van der Waals surface area contributed by atoms with Crippen molar-refractivity contribution in [3.63, 3.8) is 0 Å². The fraction of sp³-hybridized carbons (Fsp3) is 0.222. The van der Waals surface area contributed by atoms with Gasteiger partial charge in [-0.25, -0.2) is 9.18 Å². The number of benzene rings is 2. The summed E-state index contributed by atoms with van der Waals surface area (Å²) >= 11 is 0. The van der Waals surface area contributed by atoms with E-state index in [4.69, 9.17) is 4.74 Å². The molecule has 0 bridgehead atoms. The molecule has 2 aromatic rings. The first-order valence-electron chi connectivity index (χ1n) is 7.32. The molecule has 0 aromatic heterocycles. The maximum Gasteiger partial charge on any atom is 0.337 e. The number of hydrogen-bond acceptors (Lipinski definition) is 4. The fourth-order valence-corrected chi connectivity index (χ4v) is 1.95. The number of hydrogen-bond donors (Lipinski definition) is 1. The lowest BCUT2D eigenvalue weighted by atomic mass is 10.1. The van der Waals surface area contributed by atoms with Crippen molar-refractivity contribution >= 4 is 11.9 Å². The lowest BCUT2D eigenvalue weighted by molar-refractivity contribution is -0.123. The lowest BCUT2D eigenvalue weighted by Crippen LogP contribution is -2.28. The standard InChI is InChI=1S/C18H18FNO4/c1-12-3-4-13(9-16(12)19)10-20-17(21)11-24-15-7-5-14(6-8-15)18(22)23-2/h3-9H,10-11H2,1-2H3,(H,20,21). The van der Waals surface area contributed by atoms with Crippen molar-refractivity contribution in [1.82, 2.24) is 5.32 Å². The van der Waals surface area contributed by atoms with Crippen molar-refractivity contribution in [2.24, 2.45) is 0 Å². The van der Waals surface area contributed by atoms with E-state index in [1.165, 1.54) is 13.2 Å². The quantitative estimate of drug-likeness (QED) is 0.827. The first-order valence-corrected chi connectivity index (χ1v) is 7.32. The zero-order chi connectivity index (χ0) is 17.5. The van der Waals surface area contributed by atoms with Gasteiger partial charge < -0.3 is 14.8 Å². The molecular formula is C18H18FNO4. The molecule has 126 valence electrons. The highest BCUT2D eigenvalue weighted by Gasteiger charge is 2.07. The van der Waals surface area contributed by atoms with E-state index in [-0.39, 0.29) is 24.9 Å². The molecule has 0 saturated heterocycles. The van der Waals surface area contributed by atoms with Crippen LogP contribution in [0.2, 0.25) is 0 Å². The number of ether oxygens (including phenoxy) is 2. The van der Waals surface area contributed by atoms with Gasteiger partial charge in [-0.1, -0.05) is 12.1 Å². The summed E-state index contributed by atoms with van der Waals surface area (Å²) in [7, 11) is 1.30. The molecule has 0 heterocycles. The third-order valence-electron chi connectivity index (χ3n) is 3.37. The number of halogens is 1. The first-order chi connectivity index (χ1) is 11.5. The zero-order valence-electron chi connectivity index (χ0n) is 13.5. The van der Waals surface area contributed by atoms with Crippen LogP contribution in [0.15, 0.2) is 42.5 Å². The lowest BCUT2D eigenvalue weighted by Gasteiger charge is -2.08. The van der Waals surface area contributed by atoms with E-state index in [2.05, 4.69) is 10.1 Å². The van der Waals surface area contributed by atoms with Crippen LogP contribution in [0.1, 0.15) is 21.5 Å². The van der Waals surface area contributed by atoms with Crippen molar-refractivity contribution in [2.75, 3.05) is 13.7 Å². The van der Waals surface area contributed by atoms with Gasteiger partial charge in [-0.3, -0.25) is 4.79 Å². The van der Waals surface area contributed by atoms with Gasteiger partial charge in [-0.15, -0.1) is 0 Å². The average molecular weight is 331 g/mol. The molecule has 1 N–H and O–H groups in total. The number of esters is 1. The molecule has 0 aliphatic rings. The number of carbonyl (C=O) groups excluding carboxylic acids is 2. The summed E-state index contributed by atoms with van der Waals surface area (Å²) in [4.78, 5) is 23.1. The Labute approximate surface area is 139 Å². The molecule has 0 atom stereocenters. The third-order valence-corrected chi connectivity index (χ3v) is 3.37. The number of amides is 1. The SMILES string of the molecule is COC(=O)c1ccc(OCC(=O)NCc2ccc(C)c(F)c2)cc1. The Balaban J connectivity index is 1.80. The van der Waals surface area contributed by atoms with Crippen LogP contribution in [-0.2, 0) is 16.1 Å². The highest BCUT2D eigenvalue weighted by Crippen LogP contribution is 2.13. The van der Waals surface area contributed by atoms with Crippen LogP contribution in [0.4, 0.5) is 4.39 Å². The molecule has 0 aliphatic heterocycles. The monoisotopic (exact) mass is 331 g/mol. The van der Waals surface area contributed by atoms with Crippen LogP contribution >= 0.6 is 0 Å². The van der Waals surface area contributed by atoms with Crippen LogP contribution in [0.5, 0.6) is 5.75 Å². The molecule has 1 amide bonds. The van der Waals surface area contributed by atoms with E-state index in [0.29, 0.717) is 22.4 Å². The molecule has 0 radical (unpaired) electrons. The van der Waals surface area contributed by atoms with E-state index in [9.17, 15) is 14.0 Å². The summed E-state index contributed by atoms with van der Waals surface area (Å²) in [5.74, 6) is -0.611. The van der Waals surface area contributed by atoms with Crippen LogP contribution in [-0.4, -0.2) is 25.6 Å². The van der Waals surface area contributed by atoms with Gasteiger partial charge in [0, 0.05) is 6.54 Å². The highest BCUT2D eigenvalue weighted by atomic mass is 19.1. The normalized spacial score (nSPS) is 10.1. The molecule has 0 aliphatic carbocycles. The molecule has 0 saturated carbocycles. The van der Waals surface area contributed by atoms with Gasteiger partial charge in [-0.05, 0) is 48.4 Å². The topological polar surface area (TPSA) is 64.6 Å². The van der Waals surface area contributed by atoms with Crippen LogP contribution < -0.4 is 10.1 Å². The summed E-state index contributed by atoms with van der Waals surface area (Å²) in [6.45, 7) is 1.73. The number of carbonyl (C=O) groups is 2. The number of methoxy groups -OCH3 is 1. The molecular weight excluding hydrogens is 313 g/mol. The minimum Gasteiger partial charge on any atom is -0.484 e. The van der Waals surface area contributed by atoms with Gasteiger partial charge in [0.05, 0.1) is 12.7 Å². The Morgan fingerprint density at radius 3 is 2.46 bits per heavy atom. The zero-order valence-corrected chi connectivity index (χ0v) is 13.5. The second-order valence-corrected chi connectivity index (χ2v) is 5.16. The Kier molecular flexibility index (Phi) is 5.89. The summed E-state index contributed by atoms with van der Waals surface area (Å²) in [6.07, 6.45) is 0. The molecule has 6 heteroatoms. The average Bonchev–Trinajstić information content (AvgIpc) is 2.60. The van der Waals surface area contributed by atoms with E-state index >= 15 is 0 Å². The van der Waals surface area contributed by atoms with E-state index in [1.54, 1.807) is 43.3 Å². The van der Waals surface area contributed by atoms with E-state index in [0.717, 1.165) is 0 Å². The first kappa shape index (κ1) is 17.5. The summed E-state index contributed by atoms with van der Waals surface area (Å²) in [6, 6.07) is 11.1. The smallest absolute Gasteiger partial charge is 0.337 e. The maximum atomic E-state index is 13.4. The van der Waals surface area contributed by atoms with Gasteiger partial charge >= 0.3 is 5.97 Å². The van der Waals surface area contributed by atoms with Crippen molar-refractivity contribution in [3.05, 3.63) is 65.0 Å². The van der Waals surface area contributed by atoms with E-state index < -0.39 is 5.97 Å². The second kappa shape index (κ2) is 8.10.